The summed E-state index contributed by atoms with van der Waals surface area (Å²) in [4.78, 5) is 35.0. The van der Waals surface area contributed by atoms with Gasteiger partial charge in [-0.3, -0.25) is 14.9 Å². The number of carboxylic acids is 1. The zero-order valence-electron chi connectivity index (χ0n) is 11.3. The minimum Gasteiger partial charge on any atom is -0.496 e. The molecule has 1 aliphatic rings. The number of benzene rings is 1. The predicted octanol–water partition coefficient (Wildman–Crippen LogP) is 1.29. The third kappa shape index (κ3) is 2.78. The summed E-state index contributed by atoms with van der Waals surface area (Å²) < 4.78 is 5.01. The topological polar surface area (TPSA) is 110 Å². The normalized spacial score (nSPS) is 17.6. The van der Waals surface area contributed by atoms with E-state index < -0.39 is 22.8 Å². The van der Waals surface area contributed by atoms with Crippen molar-refractivity contribution in [1.29, 1.82) is 0 Å². The average Bonchev–Trinajstić information content (AvgIpc) is 2.95. The number of nitrogens with zero attached hydrogens (tertiary/aromatic N) is 2. The monoisotopic (exact) mass is 294 g/mol. The highest BCUT2D eigenvalue weighted by Gasteiger charge is 2.35. The molecule has 0 bridgehead atoms. The average molecular weight is 294 g/mol. The van der Waals surface area contributed by atoms with Crippen LogP contribution in [0.15, 0.2) is 18.2 Å². The Morgan fingerprint density at radius 2 is 2.19 bits per heavy atom. The van der Waals surface area contributed by atoms with E-state index in [4.69, 9.17) is 9.84 Å². The van der Waals surface area contributed by atoms with Crippen LogP contribution in [0.5, 0.6) is 5.75 Å². The van der Waals surface area contributed by atoms with E-state index in [1.807, 2.05) is 0 Å². The number of hydrogen-bond acceptors (Lipinski definition) is 5. The summed E-state index contributed by atoms with van der Waals surface area (Å²) in [6.07, 6.45) is 1.01. The lowest BCUT2D eigenvalue weighted by atomic mass is 10.1. The van der Waals surface area contributed by atoms with Gasteiger partial charge in [0.25, 0.3) is 11.6 Å². The Balaban J connectivity index is 2.35. The number of carbonyl (C=O) groups excluding carboxylic acids is 1. The first-order chi connectivity index (χ1) is 9.95. The van der Waals surface area contributed by atoms with Crippen LogP contribution in [0.3, 0.4) is 0 Å². The lowest BCUT2D eigenvalue weighted by Gasteiger charge is -2.22. The van der Waals surface area contributed by atoms with E-state index in [0.29, 0.717) is 19.4 Å². The van der Waals surface area contributed by atoms with E-state index in [1.54, 1.807) is 0 Å². The summed E-state index contributed by atoms with van der Waals surface area (Å²) in [5, 5.41) is 19.8. The number of ether oxygens (including phenoxy) is 1. The van der Waals surface area contributed by atoms with E-state index in [1.165, 1.54) is 24.1 Å². The van der Waals surface area contributed by atoms with Crippen molar-refractivity contribution in [3.05, 3.63) is 33.9 Å². The number of hydrogen-bond donors (Lipinski definition) is 1. The van der Waals surface area contributed by atoms with Gasteiger partial charge in [-0.15, -0.1) is 0 Å². The van der Waals surface area contributed by atoms with E-state index in [-0.39, 0.29) is 17.0 Å². The molecule has 1 unspecified atom stereocenters. The number of non-ortho nitro benzene ring substituents is 1. The number of nitro groups is 1. The van der Waals surface area contributed by atoms with Gasteiger partial charge in [-0.25, -0.2) is 4.79 Å². The summed E-state index contributed by atoms with van der Waals surface area (Å²) in [6, 6.07) is 2.77. The molecule has 112 valence electrons. The SMILES string of the molecule is COc1cc([N+](=O)[O-])ccc1C(=O)N1CCCC1C(=O)O. The highest BCUT2D eigenvalue weighted by molar-refractivity contribution is 5.99. The van der Waals surface area contributed by atoms with Crippen molar-refractivity contribution in [2.45, 2.75) is 18.9 Å². The van der Waals surface area contributed by atoms with E-state index in [2.05, 4.69) is 0 Å². The summed E-state index contributed by atoms with van der Waals surface area (Å²) in [5.74, 6) is -1.49. The number of aliphatic carboxylic acids is 1. The van der Waals surface area contributed by atoms with Gasteiger partial charge >= 0.3 is 5.97 Å². The van der Waals surface area contributed by atoms with Gasteiger partial charge in [0.05, 0.1) is 23.7 Å². The Labute approximate surface area is 120 Å². The van der Waals surface area contributed by atoms with E-state index in [0.717, 1.165) is 6.07 Å². The lowest BCUT2D eigenvalue weighted by Crippen LogP contribution is -2.40. The van der Waals surface area contributed by atoms with Crippen molar-refractivity contribution in [3.63, 3.8) is 0 Å². The second-order valence-electron chi connectivity index (χ2n) is 4.64. The molecular weight excluding hydrogens is 280 g/mol. The largest absolute Gasteiger partial charge is 0.496 e. The van der Waals surface area contributed by atoms with Gasteiger partial charge in [0.15, 0.2) is 0 Å². The predicted molar refractivity (Wildman–Crippen MR) is 71.3 cm³/mol. The Morgan fingerprint density at radius 3 is 2.76 bits per heavy atom. The van der Waals surface area contributed by atoms with Crippen LogP contribution in [0.25, 0.3) is 0 Å². The van der Waals surface area contributed by atoms with Gasteiger partial charge in [-0.05, 0) is 18.9 Å². The van der Waals surface area contributed by atoms with Crippen LogP contribution < -0.4 is 4.74 Å². The molecule has 1 saturated heterocycles. The molecule has 8 heteroatoms. The van der Waals surface area contributed by atoms with Crippen molar-refractivity contribution in [3.8, 4) is 5.75 Å². The van der Waals surface area contributed by atoms with Crippen molar-refractivity contribution in [1.82, 2.24) is 4.90 Å². The molecule has 1 N–H and O–H groups in total. The molecule has 8 nitrogen and oxygen atoms in total. The van der Waals surface area contributed by atoms with Crippen LogP contribution in [-0.2, 0) is 4.79 Å². The number of amides is 1. The van der Waals surface area contributed by atoms with Crippen molar-refractivity contribution in [2.24, 2.45) is 0 Å². The molecule has 0 spiro atoms. The first kappa shape index (κ1) is 14.8. The Morgan fingerprint density at radius 1 is 1.48 bits per heavy atom. The number of carbonyl (C=O) groups is 2. The molecule has 0 radical (unpaired) electrons. The summed E-state index contributed by atoms with van der Waals surface area (Å²) in [5.41, 5.74) is -0.0733. The smallest absolute Gasteiger partial charge is 0.326 e. The van der Waals surface area contributed by atoms with E-state index >= 15 is 0 Å². The van der Waals surface area contributed by atoms with Crippen LogP contribution in [0.2, 0.25) is 0 Å². The maximum Gasteiger partial charge on any atom is 0.326 e. The summed E-state index contributed by atoms with van der Waals surface area (Å²) in [7, 11) is 1.30. The lowest BCUT2D eigenvalue weighted by molar-refractivity contribution is -0.384. The second kappa shape index (κ2) is 5.78. The van der Waals surface area contributed by atoms with Gasteiger partial charge in [0, 0.05) is 12.6 Å². The van der Waals surface area contributed by atoms with Crippen LogP contribution in [0.4, 0.5) is 5.69 Å². The first-order valence-electron chi connectivity index (χ1n) is 6.32. The standard InChI is InChI=1S/C13H14N2O6/c1-21-11-7-8(15(19)20)4-5-9(11)12(16)14-6-2-3-10(14)13(17)18/h4-5,7,10H,2-3,6H2,1H3,(H,17,18). The number of carboxylic acid groups (broad SMARTS) is 1. The Hall–Kier alpha value is -2.64. The molecule has 1 heterocycles. The van der Waals surface area contributed by atoms with Gasteiger partial charge in [0.1, 0.15) is 11.8 Å². The fourth-order valence-corrected chi connectivity index (χ4v) is 2.39. The molecule has 2 rings (SSSR count). The molecule has 1 aromatic carbocycles. The first-order valence-corrected chi connectivity index (χ1v) is 6.32. The van der Waals surface area contributed by atoms with Gasteiger partial charge < -0.3 is 14.7 Å². The van der Waals surface area contributed by atoms with Crippen molar-refractivity contribution < 1.29 is 24.4 Å². The third-order valence-corrected chi connectivity index (χ3v) is 3.43. The quantitative estimate of drug-likeness (QED) is 0.662. The van der Waals surface area contributed by atoms with Crippen molar-refractivity contribution >= 4 is 17.6 Å². The van der Waals surface area contributed by atoms with Crippen LogP contribution in [0.1, 0.15) is 23.2 Å². The maximum atomic E-state index is 12.4. The highest BCUT2D eigenvalue weighted by atomic mass is 16.6. The molecule has 0 saturated carbocycles. The molecule has 1 amide bonds. The molecular formula is C13H14N2O6. The minimum atomic E-state index is -1.05. The zero-order valence-corrected chi connectivity index (χ0v) is 11.3. The number of nitro benzene ring substituents is 1. The fourth-order valence-electron chi connectivity index (χ4n) is 2.39. The molecule has 1 aromatic rings. The number of likely N-dealkylation sites (tertiary alicyclic amines) is 1. The Bertz CT molecular complexity index is 600. The van der Waals surface area contributed by atoms with Crippen LogP contribution >= 0.6 is 0 Å². The number of methoxy groups -OCH3 is 1. The van der Waals surface area contributed by atoms with Crippen molar-refractivity contribution in [2.75, 3.05) is 13.7 Å². The Kier molecular flexibility index (Phi) is 4.06. The van der Waals surface area contributed by atoms with Crippen LogP contribution in [0, 0.1) is 10.1 Å². The highest BCUT2D eigenvalue weighted by Crippen LogP contribution is 2.28. The molecule has 1 fully saturated rings. The fraction of sp³-hybridized carbons (Fsp3) is 0.385. The summed E-state index contributed by atoms with van der Waals surface area (Å²) >= 11 is 0. The van der Waals surface area contributed by atoms with Crippen LogP contribution in [-0.4, -0.2) is 46.5 Å². The zero-order chi connectivity index (χ0) is 15.6. The molecule has 0 aromatic heterocycles. The minimum absolute atomic E-state index is 0.0604. The van der Waals surface area contributed by atoms with Gasteiger partial charge in [-0.2, -0.15) is 0 Å². The maximum absolute atomic E-state index is 12.4. The molecule has 0 aliphatic carbocycles. The van der Waals surface area contributed by atoms with Gasteiger partial charge in [-0.1, -0.05) is 0 Å². The molecule has 1 aliphatic heterocycles. The molecule has 1 atom stereocenters. The summed E-state index contributed by atoms with van der Waals surface area (Å²) in [6.45, 7) is 0.343. The van der Waals surface area contributed by atoms with E-state index in [9.17, 15) is 19.7 Å². The molecule has 21 heavy (non-hydrogen) atoms. The van der Waals surface area contributed by atoms with Gasteiger partial charge in [0.2, 0.25) is 0 Å². The third-order valence-electron chi connectivity index (χ3n) is 3.43. The number of rotatable bonds is 4. The second-order valence-corrected chi connectivity index (χ2v) is 4.64.